The van der Waals surface area contributed by atoms with Crippen molar-refractivity contribution in [2.75, 3.05) is 13.2 Å². The van der Waals surface area contributed by atoms with Gasteiger partial charge in [-0.1, -0.05) is 12.1 Å². The minimum atomic E-state index is -0.741. The second-order valence-corrected chi connectivity index (χ2v) is 5.95. The van der Waals surface area contributed by atoms with Gasteiger partial charge in [-0.2, -0.15) is 0 Å². The number of H-pyrrole nitrogens is 2. The summed E-state index contributed by atoms with van der Waals surface area (Å²) in [4.78, 5) is 41.5. The Morgan fingerprint density at radius 2 is 2.00 bits per heavy atom. The molecule has 0 saturated carbocycles. The highest BCUT2D eigenvalue weighted by Gasteiger charge is 2.24. The summed E-state index contributed by atoms with van der Waals surface area (Å²) in [5.74, 6) is -0.845. The number of amides is 1. The summed E-state index contributed by atoms with van der Waals surface area (Å²) in [7, 11) is 0. The molecule has 2 aromatic rings. The normalized spacial score (nSPS) is 16.8. The number of aromatic nitrogens is 2. The van der Waals surface area contributed by atoms with Crippen molar-refractivity contribution in [2.45, 2.75) is 25.5 Å². The Morgan fingerprint density at radius 3 is 2.64 bits per heavy atom. The van der Waals surface area contributed by atoms with E-state index in [4.69, 9.17) is 4.74 Å². The molecule has 1 saturated heterocycles. The van der Waals surface area contributed by atoms with Crippen molar-refractivity contribution in [3.63, 3.8) is 0 Å². The average Bonchev–Trinajstić information content (AvgIpc) is 3.08. The third-order valence-corrected chi connectivity index (χ3v) is 4.01. The van der Waals surface area contributed by atoms with Gasteiger partial charge in [0.25, 0.3) is 11.5 Å². The quantitative estimate of drug-likeness (QED) is 0.844. The summed E-state index contributed by atoms with van der Waals surface area (Å²) in [6.45, 7) is 1.18. The standard InChI is InChI=1S/C17H18FN3O4/c18-12-5-3-11(4-6-12)9-21(10-13-2-1-7-25-13)16(23)14-8-15(22)20-17(24)19-14/h3-6,8,13H,1-2,7,9-10H2,(H2,19,20,22,24). The first-order valence-corrected chi connectivity index (χ1v) is 8.00. The molecule has 1 amide bonds. The van der Waals surface area contributed by atoms with E-state index in [0.717, 1.165) is 24.5 Å². The van der Waals surface area contributed by atoms with Crippen LogP contribution < -0.4 is 11.2 Å². The first kappa shape index (κ1) is 17.1. The van der Waals surface area contributed by atoms with Gasteiger partial charge in [-0.3, -0.25) is 14.6 Å². The molecule has 2 N–H and O–H groups in total. The highest BCUT2D eigenvalue weighted by Crippen LogP contribution is 2.16. The smallest absolute Gasteiger partial charge is 0.326 e. The molecule has 0 bridgehead atoms. The second kappa shape index (κ2) is 7.43. The SMILES string of the molecule is O=C(c1cc(=O)[nH]c(=O)[nH]1)N(Cc1ccc(F)cc1)CC1CCCO1. The molecule has 1 fully saturated rings. The summed E-state index contributed by atoms with van der Waals surface area (Å²) in [6.07, 6.45) is 1.66. The van der Waals surface area contributed by atoms with Crippen LogP contribution in [0.1, 0.15) is 28.9 Å². The molecule has 1 aromatic heterocycles. The van der Waals surface area contributed by atoms with Crippen LogP contribution in [0.5, 0.6) is 0 Å². The van der Waals surface area contributed by atoms with Crippen molar-refractivity contribution in [2.24, 2.45) is 0 Å². The lowest BCUT2D eigenvalue weighted by Gasteiger charge is -2.25. The van der Waals surface area contributed by atoms with Gasteiger partial charge in [-0.05, 0) is 30.5 Å². The number of aromatic amines is 2. The van der Waals surface area contributed by atoms with E-state index in [-0.39, 0.29) is 24.2 Å². The Bertz CT molecular complexity index is 825. The number of nitrogens with one attached hydrogen (secondary N) is 2. The van der Waals surface area contributed by atoms with Crippen molar-refractivity contribution in [3.8, 4) is 0 Å². The van der Waals surface area contributed by atoms with Gasteiger partial charge in [-0.15, -0.1) is 0 Å². The van der Waals surface area contributed by atoms with Crippen LogP contribution in [0.3, 0.4) is 0 Å². The number of hydrogen-bond acceptors (Lipinski definition) is 4. The van der Waals surface area contributed by atoms with Gasteiger partial charge in [-0.25, -0.2) is 9.18 Å². The molecule has 2 heterocycles. The summed E-state index contributed by atoms with van der Waals surface area (Å²) in [5, 5.41) is 0. The lowest BCUT2D eigenvalue weighted by molar-refractivity contribution is 0.0502. The predicted molar refractivity (Wildman–Crippen MR) is 87.8 cm³/mol. The summed E-state index contributed by atoms with van der Waals surface area (Å²) < 4.78 is 18.7. The van der Waals surface area contributed by atoms with E-state index in [1.54, 1.807) is 12.1 Å². The van der Waals surface area contributed by atoms with Crippen molar-refractivity contribution in [1.82, 2.24) is 14.9 Å². The molecule has 1 aromatic carbocycles. The van der Waals surface area contributed by atoms with E-state index in [1.807, 2.05) is 4.98 Å². The van der Waals surface area contributed by atoms with Crippen molar-refractivity contribution in [1.29, 1.82) is 0 Å². The van der Waals surface area contributed by atoms with Crippen LogP contribution in [-0.2, 0) is 11.3 Å². The van der Waals surface area contributed by atoms with E-state index in [9.17, 15) is 18.8 Å². The number of nitrogens with zero attached hydrogens (tertiary/aromatic N) is 1. The average molecular weight is 347 g/mol. The zero-order valence-corrected chi connectivity index (χ0v) is 13.5. The molecule has 7 nitrogen and oxygen atoms in total. The number of benzene rings is 1. The van der Waals surface area contributed by atoms with Gasteiger partial charge < -0.3 is 14.6 Å². The highest BCUT2D eigenvalue weighted by atomic mass is 19.1. The van der Waals surface area contributed by atoms with Crippen LogP contribution in [0.2, 0.25) is 0 Å². The highest BCUT2D eigenvalue weighted by molar-refractivity contribution is 5.92. The molecule has 1 atom stereocenters. The maximum atomic E-state index is 13.1. The largest absolute Gasteiger partial charge is 0.376 e. The Hall–Kier alpha value is -2.74. The molecule has 0 spiro atoms. The molecule has 132 valence electrons. The maximum Gasteiger partial charge on any atom is 0.326 e. The molecule has 25 heavy (non-hydrogen) atoms. The number of halogens is 1. The summed E-state index contributed by atoms with van der Waals surface area (Å²) in [6, 6.07) is 6.87. The van der Waals surface area contributed by atoms with Gasteiger partial charge in [0.05, 0.1) is 6.10 Å². The van der Waals surface area contributed by atoms with Gasteiger partial charge >= 0.3 is 5.69 Å². The molecule has 1 aliphatic rings. The number of rotatable bonds is 5. The van der Waals surface area contributed by atoms with Crippen LogP contribution in [0.4, 0.5) is 4.39 Å². The van der Waals surface area contributed by atoms with Crippen molar-refractivity contribution in [3.05, 3.63) is 68.2 Å². The fourth-order valence-electron chi connectivity index (χ4n) is 2.82. The van der Waals surface area contributed by atoms with Gasteiger partial charge in [0.1, 0.15) is 11.5 Å². The molecule has 0 radical (unpaired) electrons. The van der Waals surface area contributed by atoms with Crippen molar-refractivity contribution < 1.29 is 13.9 Å². The van der Waals surface area contributed by atoms with Crippen LogP contribution in [-0.4, -0.2) is 40.0 Å². The molecule has 3 rings (SSSR count). The zero-order chi connectivity index (χ0) is 17.8. The van der Waals surface area contributed by atoms with E-state index in [2.05, 4.69) is 4.98 Å². The third-order valence-electron chi connectivity index (χ3n) is 4.01. The van der Waals surface area contributed by atoms with Crippen LogP contribution in [0.25, 0.3) is 0 Å². The lowest BCUT2D eigenvalue weighted by Crippen LogP contribution is -2.39. The lowest BCUT2D eigenvalue weighted by atomic mass is 10.1. The summed E-state index contributed by atoms with van der Waals surface area (Å²) in [5.41, 5.74) is -0.741. The Labute approximate surface area is 142 Å². The Kier molecular flexibility index (Phi) is 5.08. The predicted octanol–water partition coefficient (Wildman–Crippen LogP) is 1.02. The van der Waals surface area contributed by atoms with Crippen LogP contribution >= 0.6 is 0 Å². The first-order chi connectivity index (χ1) is 12.0. The van der Waals surface area contributed by atoms with Crippen LogP contribution in [0, 0.1) is 5.82 Å². The first-order valence-electron chi connectivity index (χ1n) is 8.00. The van der Waals surface area contributed by atoms with Gasteiger partial charge in [0.2, 0.25) is 0 Å². The number of hydrogen-bond donors (Lipinski definition) is 2. The molecule has 8 heteroatoms. The van der Waals surface area contributed by atoms with E-state index < -0.39 is 17.2 Å². The minimum Gasteiger partial charge on any atom is -0.376 e. The number of carbonyl (C=O) groups excluding carboxylic acids is 1. The monoisotopic (exact) mass is 347 g/mol. The van der Waals surface area contributed by atoms with Crippen molar-refractivity contribution >= 4 is 5.91 Å². The topological polar surface area (TPSA) is 95.3 Å². The summed E-state index contributed by atoms with van der Waals surface area (Å²) >= 11 is 0. The van der Waals surface area contributed by atoms with E-state index in [1.165, 1.54) is 17.0 Å². The van der Waals surface area contributed by atoms with E-state index >= 15 is 0 Å². The maximum absolute atomic E-state index is 13.1. The number of ether oxygens (including phenoxy) is 1. The van der Waals surface area contributed by atoms with Crippen LogP contribution in [0.15, 0.2) is 39.9 Å². The zero-order valence-electron chi connectivity index (χ0n) is 13.5. The third kappa shape index (κ3) is 4.42. The minimum absolute atomic E-state index is 0.0890. The fourth-order valence-corrected chi connectivity index (χ4v) is 2.82. The molecule has 1 aliphatic heterocycles. The Balaban J connectivity index is 1.85. The molecule has 0 aliphatic carbocycles. The molecular weight excluding hydrogens is 329 g/mol. The fraction of sp³-hybridized carbons (Fsp3) is 0.353. The van der Waals surface area contributed by atoms with Gasteiger partial charge in [0.15, 0.2) is 0 Å². The Morgan fingerprint density at radius 1 is 1.24 bits per heavy atom. The molecular formula is C17H18FN3O4. The number of carbonyl (C=O) groups is 1. The van der Waals surface area contributed by atoms with Gasteiger partial charge in [0, 0.05) is 25.8 Å². The molecule has 1 unspecified atom stereocenters. The van der Waals surface area contributed by atoms with E-state index in [0.29, 0.717) is 13.2 Å². The second-order valence-electron chi connectivity index (χ2n) is 5.95.